The van der Waals surface area contributed by atoms with Gasteiger partial charge in [-0.15, -0.1) is 0 Å². The lowest BCUT2D eigenvalue weighted by atomic mass is 10.2. The van der Waals surface area contributed by atoms with Gasteiger partial charge in [-0.3, -0.25) is 9.48 Å². The molecule has 1 saturated heterocycles. The van der Waals surface area contributed by atoms with Crippen molar-refractivity contribution in [3.8, 4) is 0 Å². The van der Waals surface area contributed by atoms with E-state index < -0.39 is 27.8 Å². The van der Waals surface area contributed by atoms with Gasteiger partial charge in [0.1, 0.15) is 6.54 Å². The lowest BCUT2D eigenvalue weighted by Gasteiger charge is -2.34. The lowest BCUT2D eigenvalue weighted by Crippen LogP contribution is -2.51. The Morgan fingerprint density at radius 2 is 1.68 bits per heavy atom. The number of piperazine rings is 1. The molecule has 152 valence electrons. The molecule has 0 radical (unpaired) electrons. The molecule has 0 N–H and O–H groups in total. The van der Waals surface area contributed by atoms with Crippen molar-refractivity contribution < 1.29 is 26.4 Å². The smallest absolute Gasteiger partial charge is 0.338 e. The SMILES string of the molecule is O=C(Cn1ccc(C(F)(F)F)n1)N1CCN(S(=O)(=O)Cc2ccccc2)CC1. The van der Waals surface area contributed by atoms with E-state index in [4.69, 9.17) is 0 Å². The minimum Gasteiger partial charge on any atom is -0.338 e. The van der Waals surface area contributed by atoms with Crippen molar-refractivity contribution in [2.24, 2.45) is 0 Å². The van der Waals surface area contributed by atoms with E-state index in [-0.39, 0.29) is 38.5 Å². The summed E-state index contributed by atoms with van der Waals surface area (Å²) < 4.78 is 65.0. The lowest BCUT2D eigenvalue weighted by molar-refractivity contribution is -0.142. The first-order chi connectivity index (χ1) is 13.1. The van der Waals surface area contributed by atoms with Crippen LogP contribution >= 0.6 is 0 Å². The number of hydrogen-bond acceptors (Lipinski definition) is 4. The molecular formula is C17H19F3N4O3S. The third kappa shape index (κ3) is 4.90. The molecular weight excluding hydrogens is 397 g/mol. The molecule has 11 heteroatoms. The normalized spacial score (nSPS) is 16.3. The Hall–Kier alpha value is -2.40. The van der Waals surface area contributed by atoms with Crippen molar-refractivity contribution in [2.75, 3.05) is 26.2 Å². The first-order valence-electron chi connectivity index (χ1n) is 8.55. The summed E-state index contributed by atoms with van der Waals surface area (Å²) in [7, 11) is -3.50. The second-order valence-electron chi connectivity index (χ2n) is 6.42. The molecule has 28 heavy (non-hydrogen) atoms. The van der Waals surface area contributed by atoms with E-state index in [1.54, 1.807) is 30.3 Å². The van der Waals surface area contributed by atoms with Crippen LogP contribution in [0.2, 0.25) is 0 Å². The van der Waals surface area contributed by atoms with Crippen LogP contribution in [0.1, 0.15) is 11.3 Å². The van der Waals surface area contributed by atoms with Crippen LogP contribution in [0.25, 0.3) is 0 Å². The summed E-state index contributed by atoms with van der Waals surface area (Å²) in [5, 5.41) is 3.36. The second-order valence-corrected chi connectivity index (χ2v) is 8.39. The molecule has 0 spiro atoms. The van der Waals surface area contributed by atoms with Gasteiger partial charge in [0.15, 0.2) is 5.69 Å². The summed E-state index contributed by atoms with van der Waals surface area (Å²) in [5.41, 5.74) is -0.378. The predicted molar refractivity (Wildman–Crippen MR) is 94.4 cm³/mol. The van der Waals surface area contributed by atoms with Crippen LogP contribution in [0.5, 0.6) is 0 Å². The summed E-state index contributed by atoms with van der Waals surface area (Å²) in [6.45, 7) is 0.328. The van der Waals surface area contributed by atoms with Crippen molar-refractivity contribution in [1.82, 2.24) is 19.0 Å². The van der Waals surface area contributed by atoms with E-state index in [1.165, 1.54) is 9.21 Å². The van der Waals surface area contributed by atoms with E-state index in [0.29, 0.717) is 5.56 Å². The summed E-state index contributed by atoms with van der Waals surface area (Å²) >= 11 is 0. The highest BCUT2D eigenvalue weighted by atomic mass is 32.2. The van der Waals surface area contributed by atoms with E-state index in [2.05, 4.69) is 5.10 Å². The van der Waals surface area contributed by atoms with Gasteiger partial charge in [-0.1, -0.05) is 30.3 Å². The van der Waals surface area contributed by atoms with Crippen molar-refractivity contribution in [1.29, 1.82) is 0 Å². The van der Waals surface area contributed by atoms with Gasteiger partial charge >= 0.3 is 6.18 Å². The minimum absolute atomic E-state index is 0.116. The van der Waals surface area contributed by atoms with Gasteiger partial charge in [0.2, 0.25) is 15.9 Å². The number of rotatable bonds is 5. The highest BCUT2D eigenvalue weighted by Crippen LogP contribution is 2.27. The Labute approximate surface area is 160 Å². The number of carbonyl (C=O) groups is 1. The van der Waals surface area contributed by atoms with E-state index in [0.717, 1.165) is 16.9 Å². The van der Waals surface area contributed by atoms with Gasteiger partial charge in [0, 0.05) is 32.4 Å². The second kappa shape index (κ2) is 7.92. The number of benzene rings is 1. The van der Waals surface area contributed by atoms with Crippen molar-refractivity contribution in [2.45, 2.75) is 18.5 Å². The van der Waals surface area contributed by atoms with Crippen LogP contribution in [-0.2, 0) is 33.3 Å². The van der Waals surface area contributed by atoms with Crippen molar-refractivity contribution in [3.63, 3.8) is 0 Å². The van der Waals surface area contributed by atoms with Crippen LogP contribution in [0.3, 0.4) is 0 Å². The Balaban J connectivity index is 1.54. The van der Waals surface area contributed by atoms with Gasteiger partial charge in [0.25, 0.3) is 0 Å². The molecule has 1 fully saturated rings. The number of hydrogen-bond donors (Lipinski definition) is 0. The Kier molecular flexibility index (Phi) is 5.75. The molecule has 1 aliphatic heterocycles. The first-order valence-corrected chi connectivity index (χ1v) is 10.2. The summed E-state index contributed by atoms with van der Waals surface area (Å²) in [5.74, 6) is -0.521. The molecule has 0 unspecified atom stereocenters. The number of carbonyl (C=O) groups excluding carboxylic acids is 1. The molecule has 1 aliphatic rings. The molecule has 1 aromatic heterocycles. The Morgan fingerprint density at radius 1 is 1.04 bits per heavy atom. The zero-order chi connectivity index (χ0) is 20.4. The molecule has 0 aliphatic carbocycles. The van der Waals surface area contributed by atoms with E-state index >= 15 is 0 Å². The third-order valence-electron chi connectivity index (χ3n) is 4.40. The maximum atomic E-state index is 12.6. The number of amides is 1. The molecule has 7 nitrogen and oxygen atoms in total. The van der Waals surface area contributed by atoms with Crippen LogP contribution in [0.15, 0.2) is 42.6 Å². The number of sulfonamides is 1. The fraction of sp³-hybridized carbons (Fsp3) is 0.412. The van der Waals surface area contributed by atoms with Crippen molar-refractivity contribution >= 4 is 15.9 Å². The number of nitrogens with zero attached hydrogens (tertiary/aromatic N) is 4. The standard InChI is InChI=1S/C17H19F3N4O3S/c18-17(19,20)15-6-7-23(21-15)12-16(25)22-8-10-24(11-9-22)28(26,27)13-14-4-2-1-3-5-14/h1-7H,8-13H2. The molecule has 2 heterocycles. The van der Waals surface area contributed by atoms with Crippen LogP contribution in [0.4, 0.5) is 13.2 Å². The van der Waals surface area contributed by atoms with Crippen molar-refractivity contribution in [3.05, 3.63) is 53.9 Å². The molecule has 0 atom stereocenters. The monoisotopic (exact) mass is 416 g/mol. The summed E-state index contributed by atoms with van der Waals surface area (Å²) in [4.78, 5) is 13.7. The molecule has 3 rings (SSSR count). The fourth-order valence-electron chi connectivity index (χ4n) is 2.93. The average Bonchev–Trinajstić information content (AvgIpc) is 3.11. The summed E-state index contributed by atoms with van der Waals surface area (Å²) in [6, 6.07) is 9.61. The first kappa shape index (κ1) is 20.3. The third-order valence-corrected chi connectivity index (χ3v) is 6.26. The fourth-order valence-corrected chi connectivity index (χ4v) is 4.45. The van der Waals surface area contributed by atoms with Crippen LogP contribution in [-0.4, -0.2) is 59.5 Å². The molecule has 2 aromatic rings. The number of halogens is 3. The average molecular weight is 416 g/mol. The quantitative estimate of drug-likeness (QED) is 0.742. The van der Waals surface area contributed by atoms with E-state index in [9.17, 15) is 26.4 Å². The summed E-state index contributed by atoms with van der Waals surface area (Å²) in [6.07, 6.45) is -3.46. The molecule has 1 aromatic carbocycles. The highest BCUT2D eigenvalue weighted by Gasteiger charge is 2.34. The van der Waals surface area contributed by atoms with Crippen LogP contribution < -0.4 is 0 Å². The predicted octanol–water partition coefficient (Wildman–Crippen LogP) is 1.58. The molecule has 1 amide bonds. The van der Waals surface area contributed by atoms with Gasteiger partial charge in [0.05, 0.1) is 5.75 Å². The largest absolute Gasteiger partial charge is 0.435 e. The zero-order valence-corrected chi connectivity index (χ0v) is 15.7. The highest BCUT2D eigenvalue weighted by molar-refractivity contribution is 7.88. The van der Waals surface area contributed by atoms with Crippen LogP contribution in [0, 0.1) is 0 Å². The van der Waals surface area contributed by atoms with Gasteiger partial charge < -0.3 is 4.90 Å². The molecule has 0 bridgehead atoms. The number of aromatic nitrogens is 2. The minimum atomic E-state index is -4.56. The topological polar surface area (TPSA) is 75.5 Å². The maximum absolute atomic E-state index is 12.6. The zero-order valence-electron chi connectivity index (χ0n) is 14.8. The Bertz CT molecular complexity index is 921. The Morgan fingerprint density at radius 3 is 2.25 bits per heavy atom. The van der Waals surface area contributed by atoms with Gasteiger partial charge in [-0.25, -0.2) is 8.42 Å². The van der Waals surface area contributed by atoms with Gasteiger partial charge in [-0.05, 0) is 11.6 Å². The van der Waals surface area contributed by atoms with Gasteiger partial charge in [-0.2, -0.15) is 22.6 Å². The van der Waals surface area contributed by atoms with E-state index in [1.807, 2.05) is 0 Å². The maximum Gasteiger partial charge on any atom is 0.435 e. The number of alkyl halides is 3. The molecule has 0 saturated carbocycles.